The van der Waals surface area contributed by atoms with E-state index in [-0.39, 0.29) is 0 Å². The fourth-order valence-corrected chi connectivity index (χ4v) is 1.46. The Bertz CT molecular complexity index is 310. The van der Waals surface area contributed by atoms with Gasteiger partial charge in [0.05, 0.1) is 0 Å². The Morgan fingerprint density at radius 1 is 0.952 bits per heavy atom. The van der Waals surface area contributed by atoms with Crippen molar-refractivity contribution in [1.82, 2.24) is 10.6 Å². The number of hydrogen-bond donors (Lipinski definition) is 8. The number of carbonyl (C=O) groups is 2. The molecule has 1 aliphatic heterocycles. The highest BCUT2D eigenvalue weighted by Gasteiger charge is 2.37. The standard InChI is InChI=1S/C6H10O8.C5H12N2/c7-1(3(9)5(11)12)2(8)4(10)6(13)14;1-5-4-6-2-3-7-5/h1-4,7-10H,(H,11,12)(H,13,14);5-7H,2-4H2,1H3/t1-,2+,3-,4-;5-/m00/s1. The molecule has 124 valence electrons. The second-order valence-electron chi connectivity index (χ2n) is 4.61. The minimum absolute atomic E-state index is 0.675. The van der Waals surface area contributed by atoms with Crippen molar-refractivity contribution in [2.45, 2.75) is 37.4 Å². The van der Waals surface area contributed by atoms with E-state index in [1.54, 1.807) is 0 Å². The van der Waals surface area contributed by atoms with Crippen molar-refractivity contribution in [3.63, 3.8) is 0 Å². The zero-order valence-electron chi connectivity index (χ0n) is 11.5. The lowest BCUT2D eigenvalue weighted by atomic mass is 10.0. The van der Waals surface area contributed by atoms with Crippen LogP contribution in [-0.2, 0) is 9.59 Å². The van der Waals surface area contributed by atoms with Gasteiger partial charge in [0.1, 0.15) is 12.2 Å². The second kappa shape index (κ2) is 9.60. The van der Waals surface area contributed by atoms with Crippen LogP contribution in [0.15, 0.2) is 0 Å². The molecule has 10 heteroatoms. The summed E-state index contributed by atoms with van der Waals surface area (Å²) in [4.78, 5) is 20.2. The van der Waals surface area contributed by atoms with Crippen molar-refractivity contribution in [3.8, 4) is 0 Å². The maximum absolute atomic E-state index is 10.1. The molecule has 1 heterocycles. The lowest BCUT2D eigenvalue weighted by Gasteiger charge is -2.21. The van der Waals surface area contributed by atoms with Gasteiger partial charge in [0.15, 0.2) is 12.2 Å². The van der Waals surface area contributed by atoms with E-state index in [0.29, 0.717) is 6.04 Å². The first kappa shape index (κ1) is 19.7. The fourth-order valence-electron chi connectivity index (χ4n) is 1.46. The minimum Gasteiger partial charge on any atom is -0.479 e. The van der Waals surface area contributed by atoms with Gasteiger partial charge < -0.3 is 41.3 Å². The van der Waals surface area contributed by atoms with Crippen molar-refractivity contribution in [2.24, 2.45) is 0 Å². The summed E-state index contributed by atoms with van der Waals surface area (Å²) >= 11 is 0. The molecule has 1 fully saturated rings. The van der Waals surface area contributed by atoms with Gasteiger partial charge >= 0.3 is 11.9 Å². The van der Waals surface area contributed by atoms with E-state index in [9.17, 15) is 9.59 Å². The number of piperazine rings is 1. The minimum atomic E-state index is -2.36. The first-order valence-corrected chi connectivity index (χ1v) is 6.30. The number of aliphatic hydroxyl groups excluding tert-OH is 4. The highest BCUT2D eigenvalue weighted by Crippen LogP contribution is 2.05. The summed E-state index contributed by atoms with van der Waals surface area (Å²) in [5, 5.41) is 58.0. The maximum Gasteiger partial charge on any atom is 0.335 e. The SMILES string of the molecule is C[C@H]1CNCCN1.O=C(O)[C@@H](O)[C@H](O)[C@H](O)[C@H](O)C(=O)O. The molecule has 10 nitrogen and oxygen atoms in total. The molecule has 0 radical (unpaired) electrons. The van der Waals surface area contributed by atoms with Crippen LogP contribution in [0.5, 0.6) is 0 Å². The van der Waals surface area contributed by atoms with Gasteiger partial charge in [0, 0.05) is 25.7 Å². The third kappa shape index (κ3) is 7.32. The number of carboxylic acids is 2. The van der Waals surface area contributed by atoms with E-state index >= 15 is 0 Å². The largest absolute Gasteiger partial charge is 0.479 e. The summed E-state index contributed by atoms with van der Waals surface area (Å²) in [5.74, 6) is -3.68. The summed E-state index contributed by atoms with van der Waals surface area (Å²) in [5.41, 5.74) is 0. The Morgan fingerprint density at radius 2 is 1.38 bits per heavy atom. The molecule has 0 aromatic rings. The molecule has 21 heavy (non-hydrogen) atoms. The van der Waals surface area contributed by atoms with Gasteiger partial charge in [-0.3, -0.25) is 0 Å². The maximum atomic E-state index is 10.1. The van der Waals surface area contributed by atoms with Crippen molar-refractivity contribution < 1.29 is 40.2 Å². The van der Waals surface area contributed by atoms with Crippen molar-refractivity contribution in [2.75, 3.05) is 19.6 Å². The van der Waals surface area contributed by atoms with Gasteiger partial charge in [-0.15, -0.1) is 0 Å². The van der Waals surface area contributed by atoms with E-state index in [2.05, 4.69) is 17.6 Å². The van der Waals surface area contributed by atoms with Crippen LogP contribution in [0.1, 0.15) is 6.92 Å². The average Bonchev–Trinajstić information content (AvgIpc) is 2.45. The average molecular weight is 310 g/mol. The molecule has 1 rings (SSSR count). The third-order valence-electron chi connectivity index (χ3n) is 2.75. The molecule has 0 spiro atoms. The Labute approximate surface area is 121 Å². The van der Waals surface area contributed by atoms with E-state index in [4.69, 9.17) is 30.6 Å². The summed E-state index contributed by atoms with van der Waals surface area (Å²) in [6.45, 7) is 5.57. The molecule has 1 saturated heterocycles. The predicted octanol–water partition coefficient (Wildman–Crippen LogP) is -3.83. The highest BCUT2D eigenvalue weighted by atomic mass is 16.4. The van der Waals surface area contributed by atoms with Gasteiger partial charge in [-0.05, 0) is 6.92 Å². The summed E-state index contributed by atoms with van der Waals surface area (Å²) in [6.07, 6.45) is -9.28. The van der Waals surface area contributed by atoms with Gasteiger partial charge in [-0.25, -0.2) is 9.59 Å². The molecule has 0 aliphatic carbocycles. The normalized spacial score (nSPS) is 24.0. The lowest BCUT2D eigenvalue weighted by molar-refractivity contribution is -0.172. The molecule has 5 atom stereocenters. The Kier molecular flexibility index (Phi) is 9.01. The highest BCUT2D eigenvalue weighted by molar-refractivity contribution is 5.75. The Balaban J connectivity index is 0.000000471. The van der Waals surface area contributed by atoms with E-state index in [1.807, 2.05) is 0 Å². The van der Waals surface area contributed by atoms with Crippen molar-refractivity contribution >= 4 is 11.9 Å². The number of aliphatic hydroxyl groups is 4. The second-order valence-corrected chi connectivity index (χ2v) is 4.61. The quantitative estimate of drug-likeness (QED) is 0.250. The molecule has 1 aliphatic rings. The third-order valence-corrected chi connectivity index (χ3v) is 2.75. The zero-order chi connectivity index (χ0) is 16.6. The summed E-state index contributed by atoms with van der Waals surface area (Å²) < 4.78 is 0. The number of carboxylic acid groups (broad SMARTS) is 2. The van der Waals surface area contributed by atoms with Crippen LogP contribution in [0.2, 0.25) is 0 Å². The molecule has 8 N–H and O–H groups in total. The first-order valence-electron chi connectivity index (χ1n) is 6.30. The molecule has 0 aromatic heterocycles. The monoisotopic (exact) mass is 310 g/mol. The molecule has 0 aromatic carbocycles. The molecule has 0 bridgehead atoms. The van der Waals surface area contributed by atoms with Gasteiger partial charge in [-0.1, -0.05) is 0 Å². The van der Waals surface area contributed by atoms with Crippen LogP contribution in [0.4, 0.5) is 0 Å². The van der Waals surface area contributed by atoms with E-state index < -0.39 is 36.4 Å². The van der Waals surface area contributed by atoms with Gasteiger partial charge in [0.25, 0.3) is 0 Å². The Hall–Kier alpha value is -1.30. The number of hydrogen-bond acceptors (Lipinski definition) is 8. The number of nitrogens with one attached hydrogen (secondary N) is 2. The summed E-state index contributed by atoms with van der Waals surface area (Å²) in [7, 11) is 0. The van der Waals surface area contributed by atoms with E-state index in [1.165, 1.54) is 0 Å². The number of rotatable bonds is 5. The fraction of sp³-hybridized carbons (Fsp3) is 0.818. The van der Waals surface area contributed by atoms with Gasteiger partial charge in [-0.2, -0.15) is 0 Å². The first-order chi connectivity index (χ1) is 9.68. The number of aliphatic carboxylic acids is 2. The van der Waals surface area contributed by atoms with Crippen LogP contribution in [0, 0.1) is 0 Å². The van der Waals surface area contributed by atoms with Crippen LogP contribution in [0.3, 0.4) is 0 Å². The molecule has 0 amide bonds. The summed E-state index contributed by atoms with van der Waals surface area (Å²) in [6, 6.07) is 0.675. The van der Waals surface area contributed by atoms with Gasteiger partial charge in [0.2, 0.25) is 0 Å². The topological polar surface area (TPSA) is 180 Å². The van der Waals surface area contributed by atoms with Crippen molar-refractivity contribution in [3.05, 3.63) is 0 Å². The zero-order valence-corrected chi connectivity index (χ0v) is 11.5. The van der Waals surface area contributed by atoms with Crippen LogP contribution in [0.25, 0.3) is 0 Å². The van der Waals surface area contributed by atoms with Crippen LogP contribution < -0.4 is 10.6 Å². The molecular formula is C11H22N2O8. The van der Waals surface area contributed by atoms with Crippen LogP contribution >= 0.6 is 0 Å². The molecular weight excluding hydrogens is 288 g/mol. The smallest absolute Gasteiger partial charge is 0.335 e. The molecule has 0 unspecified atom stereocenters. The lowest BCUT2D eigenvalue weighted by Crippen LogP contribution is -2.49. The predicted molar refractivity (Wildman–Crippen MR) is 69.6 cm³/mol. The van der Waals surface area contributed by atoms with Crippen molar-refractivity contribution in [1.29, 1.82) is 0 Å². The van der Waals surface area contributed by atoms with E-state index in [0.717, 1.165) is 19.6 Å². The van der Waals surface area contributed by atoms with Crippen LogP contribution in [-0.4, -0.2) is 92.7 Å². The Morgan fingerprint density at radius 3 is 1.57 bits per heavy atom. The molecule has 0 saturated carbocycles.